The van der Waals surface area contributed by atoms with Crippen LogP contribution in [0.15, 0.2) is 33.2 Å². The lowest BCUT2D eigenvalue weighted by Crippen LogP contribution is -2.11. The summed E-state index contributed by atoms with van der Waals surface area (Å²) in [6.45, 7) is 4.20. The average molecular weight is 406 g/mol. The number of nitrogens with one attached hydrogen (secondary N) is 1. The third kappa shape index (κ3) is 5.51. The van der Waals surface area contributed by atoms with E-state index in [9.17, 15) is 4.79 Å². The van der Waals surface area contributed by atoms with Crippen LogP contribution in [0.1, 0.15) is 41.5 Å². The van der Waals surface area contributed by atoms with E-state index >= 15 is 0 Å². The number of benzene rings is 1. The second-order valence-electron chi connectivity index (χ2n) is 5.64. The molecule has 8 nitrogen and oxygen atoms in total. The summed E-state index contributed by atoms with van der Waals surface area (Å²) < 4.78 is 11.1. The molecule has 0 saturated heterocycles. The Morgan fingerprint density at radius 1 is 1.26 bits per heavy atom. The van der Waals surface area contributed by atoms with E-state index in [0.717, 1.165) is 22.9 Å². The van der Waals surface area contributed by atoms with E-state index in [0.29, 0.717) is 27.8 Å². The zero-order chi connectivity index (χ0) is 19.1. The molecule has 0 spiro atoms. The number of amides is 1. The van der Waals surface area contributed by atoms with Gasteiger partial charge in [-0.05, 0) is 37.6 Å². The van der Waals surface area contributed by atoms with E-state index in [2.05, 4.69) is 37.4 Å². The van der Waals surface area contributed by atoms with E-state index in [1.807, 2.05) is 0 Å². The number of hydrogen-bond donors (Lipinski definition) is 1. The van der Waals surface area contributed by atoms with Gasteiger partial charge in [0.2, 0.25) is 5.13 Å². The molecular weight excluding hydrogens is 386 g/mol. The molecule has 10 heteroatoms. The lowest BCUT2D eigenvalue weighted by molar-refractivity contribution is 0.102. The van der Waals surface area contributed by atoms with Gasteiger partial charge in [-0.3, -0.25) is 10.1 Å². The molecule has 2 aromatic heterocycles. The summed E-state index contributed by atoms with van der Waals surface area (Å²) in [5, 5.41) is 18.8. The van der Waals surface area contributed by atoms with E-state index in [4.69, 9.17) is 4.74 Å². The van der Waals surface area contributed by atoms with Crippen molar-refractivity contribution in [1.29, 1.82) is 0 Å². The Morgan fingerprint density at radius 2 is 2.07 bits per heavy atom. The van der Waals surface area contributed by atoms with Crippen LogP contribution in [0.5, 0.6) is 5.75 Å². The number of ether oxygens (including phenoxy) is 1. The van der Waals surface area contributed by atoms with Crippen LogP contribution in [0.2, 0.25) is 0 Å². The number of carbonyl (C=O) groups is 1. The van der Waals surface area contributed by atoms with Crippen LogP contribution >= 0.6 is 23.1 Å². The van der Waals surface area contributed by atoms with Crippen LogP contribution in [0.25, 0.3) is 0 Å². The summed E-state index contributed by atoms with van der Waals surface area (Å²) in [5.41, 5.74) is 1.84. The second kappa shape index (κ2) is 9.47. The average Bonchev–Trinajstić information content (AvgIpc) is 3.29. The number of rotatable bonds is 9. The van der Waals surface area contributed by atoms with Gasteiger partial charge >= 0.3 is 0 Å². The molecule has 0 aliphatic heterocycles. The monoisotopic (exact) mass is 405 g/mol. The predicted molar refractivity (Wildman–Crippen MR) is 103 cm³/mol. The maximum atomic E-state index is 12.3. The van der Waals surface area contributed by atoms with Gasteiger partial charge in [0.05, 0.1) is 0 Å². The molecule has 2 heterocycles. The molecule has 1 amide bonds. The van der Waals surface area contributed by atoms with Crippen molar-refractivity contribution in [2.24, 2.45) is 0 Å². The Kier molecular flexibility index (Phi) is 6.77. The minimum atomic E-state index is -0.237. The number of nitrogens with zero attached hydrogens (tertiary/aromatic N) is 4. The van der Waals surface area contributed by atoms with Gasteiger partial charge in [0.15, 0.2) is 4.34 Å². The molecule has 0 aliphatic carbocycles. The first-order valence-electron chi connectivity index (χ1n) is 8.44. The highest BCUT2D eigenvalue weighted by molar-refractivity contribution is 8.01. The smallest absolute Gasteiger partial charge is 0.257 e. The van der Waals surface area contributed by atoms with E-state index in [-0.39, 0.29) is 12.5 Å². The molecule has 1 N–H and O–H groups in total. The minimum Gasteiger partial charge on any atom is -0.487 e. The maximum Gasteiger partial charge on any atom is 0.257 e. The molecule has 0 bridgehead atoms. The Bertz CT molecular complexity index is 879. The first kappa shape index (κ1) is 19.3. The topological polar surface area (TPSA) is 103 Å². The first-order valence-corrected chi connectivity index (χ1v) is 10.2. The summed E-state index contributed by atoms with van der Waals surface area (Å²) in [7, 11) is 0. The Morgan fingerprint density at radius 3 is 2.78 bits per heavy atom. The zero-order valence-corrected chi connectivity index (χ0v) is 16.6. The van der Waals surface area contributed by atoms with Gasteiger partial charge in [0, 0.05) is 11.3 Å². The lowest BCUT2D eigenvalue weighted by atomic mass is 10.2. The molecule has 0 aliphatic rings. The van der Waals surface area contributed by atoms with Crippen molar-refractivity contribution in [1.82, 2.24) is 20.5 Å². The zero-order valence-electron chi connectivity index (χ0n) is 15.0. The fourth-order valence-corrected chi connectivity index (χ4v) is 3.93. The molecule has 3 aromatic rings. The Balaban J connectivity index is 1.52. The summed E-state index contributed by atoms with van der Waals surface area (Å²) >= 11 is 3.04. The molecule has 27 heavy (non-hydrogen) atoms. The molecule has 0 radical (unpaired) electrons. The lowest BCUT2D eigenvalue weighted by Gasteiger charge is -2.05. The van der Waals surface area contributed by atoms with Crippen molar-refractivity contribution < 1.29 is 14.2 Å². The van der Waals surface area contributed by atoms with Gasteiger partial charge in [0.25, 0.3) is 5.91 Å². The summed E-state index contributed by atoms with van der Waals surface area (Å²) in [6.07, 6.45) is 2.28. The molecular formula is C17H19N5O3S2. The van der Waals surface area contributed by atoms with E-state index in [1.54, 1.807) is 43.0 Å². The van der Waals surface area contributed by atoms with Gasteiger partial charge in [-0.15, -0.1) is 10.2 Å². The van der Waals surface area contributed by atoms with Crippen LogP contribution in [-0.4, -0.2) is 32.2 Å². The number of aryl methyl sites for hydroxylation is 1. The fraction of sp³-hybridized carbons (Fsp3) is 0.353. The number of unbranched alkanes of at least 4 members (excludes halogenated alkanes) is 1. The molecule has 0 unspecified atom stereocenters. The summed E-state index contributed by atoms with van der Waals surface area (Å²) in [5.74, 6) is 1.39. The fourth-order valence-electron chi connectivity index (χ4n) is 2.03. The molecule has 142 valence electrons. The quantitative estimate of drug-likeness (QED) is 0.324. The highest BCUT2D eigenvalue weighted by atomic mass is 32.2. The second-order valence-corrected chi connectivity index (χ2v) is 7.96. The number of carbonyl (C=O) groups excluding carboxylic acids is 1. The SMILES string of the molecule is CCCCSc1nnc(NC(=O)c2ccc(OCc3nonc3C)cc2)s1. The van der Waals surface area contributed by atoms with Crippen LogP contribution in [-0.2, 0) is 6.61 Å². The van der Waals surface area contributed by atoms with Gasteiger partial charge in [-0.2, -0.15) is 0 Å². The number of aromatic nitrogens is 4. The maximum absolute atomic E-state index is 12.3. The largest absolute Gasteiger partial charge is 0.487 e. The van der Waals surface area contributed by atoms with Crippen molar-refractivity contribution in [2.45, 2.75) is 37.6 Å². The van der Waals surface area contributed by atoms with Crippen LogP contribution < -0.4 is 10.1 Å². The number of anilines is 1. The highest BCUT2D eigenvalue weighted by Gasteiger charge is 2.11. The van der Waals surface area contributed by atoms with Crippen molar-refractivity contribution in [3.8, 4) is 5.75 Å². The predicted octanol–water partition coefficient (Wildman–Crippen LogP) is 3.95. The standard InChI is InChI=1S/C17H19N5O3S2/c1-3-4-9-26-17-20-19-16(27-17)18-15(23)12-5-7-13(8-6-12)24-10-14-11(2)21-25-22-14/h5-8H,3-4,9-10H2,1-2H3,(H,18,19,23). The van der Waals surface area contributed by atoms with Crippen molar-refractivity contribution in [3.05, 3.63) is 41.2 Å². The number of thioether (sulfide) groups is 1. The van der Waals surface area contributed by atoms with Gasteiger partial charge in [-0.25, -0.2) is 4.63 Å². The van der Waals surface area contributed by atoms with Gasteiger partial charge in [-0.1, -0.05) is 46.8 Å². The third-order valence-electron chi connectivity index (χ3n) is 3.59. The first-order chi connectivity index (χ1) is 13.2. The van der Waals surface area contributed by atoms with Crippen LogP contribution in [0, 0.1) is 6.92 Å². The Hall–Kier alpha value is -2.46. The third-order valence-corrected chi connectivity index (χ3v) is 5.65. The van der Waals surface area contributed by atoms with Crippen molar-refractivity contribution in [2.75, 3.05) is 11.1 Å². The summed E-state index contributed by atoms with van der Waals surface area (Å²) in [4.78, 5) is 12.3. The summed E-state index contributed by atoms with van der Waals surface area (Å²) in [6, 6.07) is 6.83. The van der Waals surface area contributed by atoms with Gasteiger partial charge in [0.1, 0.15) is 23.7 Å². The van der Waals surface area contributed by atoms with Gasteiger partial charge < -0.3 is 4.74 Å². The van der Waals surface area contributed by atoms with Crippen molar-refractivity contribution in [3.63, 3.8) is 0 Å². The molecule has 0 atom stereocenters. The van der Waals surface area contributed by atoms with Crippen LogP contribution in [0.4, 0.5) is 5.13 Å². The van der Waals surface area contributed by atoms with Crippen LogP contribution in [0.3, 0.4) is 0 Å². The molecule has 1 aromatic carbocycles. The van der Waals surface area contributed by atoms with Crippen molar-refractivity contribution >= 4 is 34.1 Å². The number of hydrogen-bond acceptors (Lipinski definition) is 9. The molecule has 0 saturated carbocycles. The van der Waals surface area contributed by atoms with E-state index < -0.39 is 0 Å². The van der Waals surface area contributed by atoms with E-state index in [1.165, 1.54) is 11.3 Å². The Labute approximate surface area is 164 Å². The highest BCUT2D eigenvalue weighted by Crippen LogP contribution is 2.26. The minimum absolute atomic E-state index is 0.237. The normalized spacial score (nSPS) is 10.7. The molecule has 0 fully saturated rings. The molecule has 3 rings (SSSR count).